The molecule has 0 unspecified atom stereocenters. The monoisotopic (exact) mass is 402 g/mol. The first-order chi connectivity index (χ1) is 14.1. The maximum absolute atomic E-state index is 12.3. The van der Waals surface area contributed by atoms with Crippen molar-refractivity contribution in [2.24, 2.45) is 4.99 Å². The molecule has 1 aliphatic rings. The van der Waals surface area contributed by atoms with Crippen LogP contribution in [0.1, 0.15) is 17.5 Å². The number of carbonyl (C=O) groups is 1. The molecule has 0 spiro atoms. The van der Waals surface area contributed by atoms with Gasteiger partial charge in [-0.25, -0.2) is 9.79 Å². The number of aryl methyl sites for hydroxylation is 1. The lowest BCUT2D eigenvalue weighted by Crippen LogP contribution is -2.04. The molecule has 0 amide bonds. The Labute approximate surface area is 172 Å². The fourth-order valence-corrected chi connectivity index (χ4v) is 3.04. The summed E-state index contributed by atoms with van der Waals surface area (Å²) in [6.45, 7) is 0.448. The van der Waals surface area contributed by atoms with Crippen molar-refractivity contribution in [2.75, 3.05) is 0 Å². The van der Waals surface area contributed by atoms with Gasteiger partial charge in [-0.1, -0.05) is 41.9 Å². The minimum atomic E-state index is -0.518. The number of aromatic nitrogens is 2. The summed E-state index contributed by atoms with van der Waals surface area (Å²) in [6, 6.07) is 18.6. The van der Waals surface area contributed by atoms with Gasteiger partial charge in [0.05, 0.1) is 24.7 Å². The molecule has 142 valence electrons. The lowest BCUT2D eigenvalue weighted by atomic mass is 10.1. The number of nitrogens with zero attached hydrogens (tertiary/aromatic N) is 4. The molecule has 0 aliphatic carbocycles. The van der Waals surface area contributed by atoms with E-state index in [1.807, 2.05) is 42.5 Å². The maximum Gasteiger partial charge on any atom is 0.363 e. The zero-order chi connectivity index (χ0) is 20.2. The predicted octanol–water partition coefficient (Wildman–Crippen LogP) is 4.46. The van der Waals surface area contributed by atoms with Crippen molar-refractivity contribution in [1.29, 1.82) is 5.26 Å². The van der Waals surface area contributed by atoms with Crippen molar-refractivity contribution in [3.63, 3.8) is 0 Å². The van der Waals surface area contributed by atoms with Crippen LogP contribution < -0.4 is 0 Å². The quantitative estimate of drug-likeness (QED) is 0.466. The van der Waals surface area contributed by atoms with Gasteiger partial charge in [0.2, 0.25) is 5.90 Å². The number of esters is 1. The molecule has 0 radical (unpaired) electrons. The summed E-state index contributed by atoms with van der Waals surface area (Å²) in [5.41, 5.74) is 3.14. The standard InChI is InChI=1S/C22H15ClN4O2/c23-18-9-7-15(8-10-18)20-17(14-27(26-20)12-4-11-24)13-19-22(28)29-21(25-19)16-5-2-1-3-6-16/h1-3,5-10,13-14H,4,12H2/b19-13+. The Morgan fingerprint density at radius 1 is 1.10 bits per heavy atom. The summed E-state index contributed by atoms with van der Waals surface area (Å²) in [4.78, 5) is 16.7. The topological polar surface area (TPSA) is 80.3 Å². The van der Waals surface area contributed by atoms with Gasteiger partial charge in [0.1, 0.15) is 0 Å². The molecule has 29 heavy (non-hydrogen) atoms. The third kappa shape index (κ3) is 4.10. The van der Waals surface area contributed by atoms with E-state index < -0.39 is 5.97 Å². The number of hydrogen-bond donors (Lipinski definition) is 0. The SMILES string of the molecule is N#CCCn1cc(/C=C2/N=C(c3ccccc3)OC2=O)c(-c2ccc(Cl)cc2)n1. The van der Waals surface area contributed by atoms with Crippen LogP contribution in [0.4, 0.5) is 0 Å². The number of hydrogen-bond acceptors (Lipinski definition) is 5. The van der Waals surface area contributed by atoms with Crippen LogP contribution >= 0.6 is 11.6 Å². The van der Waals surface area contributed by atoms with E-state index in [2.05, 4.69) is 16.2 Å². The fraction of sp³-hybridized carbons (Fsp3) is 0.0909. The van der Waals surface area contributed by atoms with E-state index in [1.165, 1.54) is 0 Å². The molecular weight excluding hydrogens is 388 g/mol. The van der Waals surface area contributed by atoms with E-state index >= 15 is 0 Å². The van der Waals surface area contributed by atoms with Crippen molar-refractivity contribution in [1.82, 2.24) is 9.78 Å². The molecule has 1 aromatic heterocycles. The van der Waals surface area contributed by atoms with Gasteiger partial charge in [0, 0.05) is 27.9 Å². The van der Waals surface area contributed by atoms with Gasteiger partial charge in [-0.15, -0.1) is 0 Å². The largest absolute Gasteiger partial charge is 0.402 e. The second-order valence-electron chi connectivity index (χ2n) is 6.31. The highest BCUT2D eigenvalue weighted by Gasteiger charge is 2.25. The summed E-state index contributed by atoms with van der Waals surface area (Å²) < 4.78 is 7.00. The molecule has 3 aromatic rings. The molecule has 2 heterocycles. The Bertz CT molecular complexity index is 1160. The summed E-state index contributed by atoms with van der Waals surface area (Å²) in [5.74, 6) is -0.248. The second-order valence-corrected chi connectivity index (χ2v) is 6.75. The van der Waals surface area contributed by atoms with Crippen molar-refractivity contribution >= 4 is 29.5 Å². The molecule has 0 saturated carbocycles. The van der Waals surface area contributed by atoms with Gasteiger partial charge in [0.15, 0.2) is 5.70 Å². The van der Waals surface area contributed by atoms with Crippen molar-refractivity contribution < 1.29 is 9.53 Å². The van der Waals surface area contributed by atoms with Crippen molar-refractivity contribution in [3.05, 3.63) is 82.6 Å². The van der Waals surface area contributed by atoms with Crippen LogP contribution in [0.2, 0.25) is 5.02 Å². The van der Waals surface area contributed by atoms with E-state index in [4.69, 9.17) is 21.6 Å². The first kappa shape index (κ1) is 18.7. The molecule has 0 bridgehead atoms. The van der Waals surface area contributed by atoms with Gasteiger partial charge >= 0.3 is 5.97 Å². The maximum atomic E-state index is 12.3. The Balaban J connectivity index is 1.74. The lowest BCUT2D eigenvalue weighted by Gasteiger charge is -1.99. The Morgan fingerprint density at radius 3 is 2.59 bits per heavy atom. The predicted molar refractivity (Wildman–Crippen MR) is 110 cm³/mol. The summed E-state index contributed by atoms with van der Waals surface area (Å²) in [5, 5.41) is 14.0. The highest BCUT2D eigenvalue weighted by atomic mass is 35.5. The number of ether oxygens (including phenoxy) is 1. The molecule has 2 aromatic carbocycles. The van der Waals surface area contributed by atoms with Crippen LogP contribution in [-0.2, 0) is 16.1 Å². The van der Waals surface area contributed by atoms with E-state index in [1.54, 1.807) is 29.1 Å². The summed E-state index contributed by atoms with van der Waals surface area (Å²) in [6.07, 6.45) is 3.77. The minimum absolute atomic E-state index is 0.193. The third-order valence-electron chi connectivity index (χ3n) is 4.29. The lowest BCUT2D eigenvalue weighted by molar-refractivity contribution is -0.129. The number of aliphatic imine (C=N–C) groups is 1. The molecule has 4 rings (SSSR count). The van der Waals surface area contributed by atoms with E-state index in [9.17, 15) is 4.79 Å². The smallest absolute Gasteiger partial charge is 0.363 e. The molecule has 0 atom stereocenters. The van der Waals surface area contributed by atoms with Crippen LogP contribution in [0.15, 0.2) is 71.5 Å². The number of cyclic esters (lactones) is 1. The second kappa shape index (κ2) is 8.13. The van der Waals surface area contributed by atoms with Gasteiger partial charge in [0.25, 0.3) is 0 Å². The van der Waals surface area contributed by atoms with Crippen LogP contribution in [0.5, 0.6) is 0 Å². The molecule has 0 N–H and O–H groups in total. The normalized spacial score (nSPS) is 14.6. The minimum Gasteiger partial charge on any atom is -0.402 e. The van der Waals surface area contributed by atoms with E-state index in [0.717, 1.165) is 11.1 Å². The van der Waals surface area contributed by atoms with Crippen molar-refractivity contribution in [3.8, 4) is 17.3 Å². The molecule has 7 heteroatoms. The van der Waals surface area contributed by atoms with Gasteiger partial charge < -0.3 is 4.74 Å². The van der Waals surface area contributed by atoms with Gasteiger partial charge in [-0.2, -0.15) is 10.4 Å². The van der Waals surface area contributed by atoms with E-state index in [-0.39, 0.29) is 11.6 Å². The average Bonchev–Trinajstić information content (AvgIpc) is 3.31. The third-order valence-corrected chi connectivity index (χ3v) is 4.55. The summed E-state index contributed by atoms with van der Waals surface area (Å²) in [7, 11) is 0. The van der Waals surface area contributed by atoms with Crippen LogP contribution in [0.25, 0.3) is 17.3 Å². The highest BCUT2D eigenvalue weighted by Crippen LogP contribution is 2.27. The van der Waals surface area contributed by atoms with E-state index in [0.29, 0.717) is 29.2 Å². The molecule has 1 aliphatic heterocycles. The van der Waals surface area contributed by atoms with Crippen LogP contribution in [0, 0.1) is 11.3 Å². The molecular formula is C22H15ClN4O2. The number of carbonyl (C=O) groups excluding carboxylic acids is 1. The fourth-order valence-electron chi connectivity index (χ4n) is 2.91. The Kier molecular flexibility index (Phi) is 5.23. The van der Waals surface area contributed by atoms with Crippen LogP contribution in [0.3, 0.4) is 0 Å². The number of nitriles is 1. The van der Waals surface area contributed by atoms with Crippen molar-refractivity contribution in [2.45, 2.75) is 13.0 Å². The van der Waals surface area contributed by atoms with Gasteiger partial charge in [-0.3, -0.25) is 4.68 Å². The Morgan fingerprint density at radius 2 is 1.86 bits per heavy atom. The number of rotatable bonds is 5. The zero-order valence-corrected chi connectivity index (χ0v) is 16.0. The molecule has 0 saturated heterocycles. The van der Waals surface area contributed by atoms with Crippen LogP contribution in [-0.4, -0.2) is 21.6 Å². The zero-order valence-electron chi connectivity index (χ0n) is 15.2. The first-order valence-electron chi connectivity index (χ1n) is 8.92. The molecule has 0 fully saturated rings. The average molecular weight is 403 g/mol. The molecule has 6 nitrogen and oxygen atoms in total. The first-order valence-corrected chi connectivity index (χ1v) is 9.30. The van der Waals surface area contributed by atoms with Gasteiger partial charge in [-0.05, 0) is 30.3 Å². The summed E-state index contributed by atoms with van der Waals surface area (Å²) >= 11 is 5.99. The number of halogens is 1. The highest BCUT2D eigenvalue weighted by molar-refractivity contribution is 6.30. The number of benzene rings is 2. The Hall–Kier alpha value is -3.69.